The zero-order valence-corrected chi connectivity index (χ0v) is 19.0. The molecule has 2 aliphatic rings. The molecule has 1 aromatic carbocycles. The topological polar surface area (TPSA) is 101 Å². The molecule has 1 amide bonds. The Hall–Kier alpha value is -3.19. The van der Waals surface area contributed by atoms with Crippen molar-refractivity contribution in [3.63, 3.8) is 0 Å². The van der Waals surface area contributed by atoms with Gasteiger partial charge in [-0.1, -0.05) is 0 Å². The van der Waals surface area contributed by atoms with E-state index in [2.05, 4.69) is 15.6 Å². The third kappa shape index (κ3) is 6.20. The van der Waals surface area contributed by atoms with Crippen LogP contribution in [0.5, 0.6) is 5.75 Å². The fourth-order valence-corrected chi connectivity index (χ4v) is 4.58. The smallest absolute Gasteiger partial charge is 0.272 e. The summed E-state index contributed by atoms with van der Waals surface area (Å²) in [5.74, 6) is 0.0528. The number of carbonyl (C=O) groups excluding carboxylic acids is 1. The largest absolute Gasteiger partial charge is 0.508 e. The first-order chi connectivity index (χ1) is 16.1. The number of carbonyl (C=O) groups is 1. The average molecular weight is 448 g/mol. The van der Waals surface area contributed by atoms with Gasteiger partial charge in [0.2, 0.25) is 0 Å². The van der Waals surface area contributed by atoms with Crippen LogP contribution in [0.1, 0.15) is 44.1 Å². The second-order valence-electron chi connectivity index (χ2n) is 8.86. The van der Waals surface area contributed by atoms with Gasteiger partial charge in [-0.25, -0.2) is 0 Å². The van der Waals surface area contributed by atoms with E-state index in [9.17, 15) is 9.90 Å². The van der Waals surface area contributed by atoms with Gasteiger partial charge in [-0.05, 0) is 93.5 Å². The Bertz CT molecular complexity index is 982. The van der Waals surface area contributed by atoms with Crippen LogP contribution in [0, 0.1) is 5.41 Å². The number of allylic oxidation sites excluding steroid dienone is 1. The molecule has 2 aromatic rings. The highest BCUT2D eigenvalue weighted by molar-refractivity contribution is 6.44. The highest BCUT2D eigenvalue weighted by Crippen LogP contribution is 2.29. The summed E-state index contributed by atoms with van der Waals surface area (Å²) in [5, 5.41) is 25.4. The van der Waals surface area contributed by atoms with Crippen LogP contribution in [0.4, 0.5) is 5.69 Å². The number of pyridine rings is 1. The first-order valence-electron chi connectivity index (χ1n) is 11.9. The zero-order chi connectivity index (χ0) is 23.0. The van der Waals surface area contributed by atoms with Crippen LogP contribution in [-0.4, -0.2) is 52.3 Å². The zero-order valence-electron chi connectivity index (χ0n) is 19.0. The number of phenols is 1. The van der Waals surface area contributed by atoms with Crippen LogP contribution in [0.25, 0.3) is 0 Å². The van der Waals surface area contributed by atoms with E-state index in [1.54, 1.807) is 12.1 Å². The normalized spacial score (nSPS) is 18.8. The van der Waals surface area contributed by atoms with E-state index in [4.69, 9.17) is 5.41 Å². The summed E-state index contributed by atoms with van der Waals surface area (Å²) in [7, 11) is 0. The van der Waals surface area contributed by atoms with E-state index in [-0.39, 0.29) is 23.4 Å². The van der Waals surface area contributed by atoms with Gasteiger partial charge >= 0.3 is 0 Å². The Morgan fingerprint density at radius 2 is 1.82 bits per heavy atom. The van der Waals surface area contributed by atoms with Crippen molar-refractivity contribution in [1.82, 2.24) is 15.2 Å². The summed E-state index contributed by atoms with van der Waals surface area (Å²) in [4.78, 5) is 19.0. The third-order valence-electron chi connectivity index (χ3n) is 6.48. The number of anilines is 1. The second-order valence-corrected chi connectivity index (χ2v) is 8.86. The molecular weight excluding hydrogens is 414 g/mol. The predicted molar refractivity (Wildman–Crippen MR) is 130 cm³/mol. The van der Waals surface area contributed by atoms with Gasteiger partial charge in [0.15, 0.2) is 0 Å². The molecule has 7 nitrogen and oxygen atoms in total. The van der Waals surface area contributed by atoms with Crippen molar-refractivity contribution >= 4 is 17.3 Å². The average Bonchev–Trinajstić information content (AvgIpc) is 2.86. The highest BCUT2D eigenvalue weighted by atomic mass is 16.3. The molecule has 0 bridgehead atoms. The van der Waals surface area contributed by atoms with Gasteiger partial charge in [-0.2, -0.15) is 0 Å². The summed E-state index contributed by atoms with van der Waals surface area (Å²) in [5.41, 5.74) is 3.93. The van der Waals surface area contributed by atoms with Crippen molar-refractivity contribution in [3.8, 4) is 5.75 Å². The van der Waals surface area contributed by atoms with Gasteiger partial charge in [-0.15, -0.1) is 0 Å². The number of rotatable bonds is 8. The molecule has 1 saturated heterocycles. The first-order valence-corrected chi connectivity index (χ1v) is 11.9. The Balaban J connectivity index is 1.47. The van der Waals surface area contributed by atoms with Crippen LogP contribution >= 0.6 is 0 Å². The van der Waals surface area contributed by atoms with E-state index in [0.717, 1.165) is 75.1 Å². The monoisotopic (exact) mass is 447 g/mol. The number of nitrogens with zero attached hydrogens (tertiary/aromatic N) is 2. The second kappa shape index (κ2) is 11.1. The number of aromatic nitrogens is 1. The number of aromatic hydroxyl groups is 1. The number of piperidine rings is 1. The van der Waals surface area contributed by atoms with Gasteiger partial charge in [0.25, 0.3) is 5.91 Å². The Morgan fingerprint density at radius 1 is 1.09 bits per heavy atom. The molecule has 4 N–H and O–H groups in total. The minimum absolute atomic E-state index is 0.110. The number of benzene rings is 1. The van der Waals surface area contributed by atoms with E-state index in [1.165, 1.54) is 5.56 Å². The number of hydrogen-bond acceptors (Lipinski definition) is 6. The lowest BCUT2D eigenvalue weighted by Gasteiger charge is -2.32. The predicted octanol–water partition coefficient (Wildman–Crippen LogP) is 3.87. The van der Waals surface area contributed by atoms with E-state index < -0.39 is 0 Å². The number of phenolic OH excluding ortho intramolecular Hbond substituents is 1. The third-order valence-corrected chi connectivity index (χ3v) is 6.48. The fourth-order valence-electron chi connectivity index (χ4n) is 4.58. The number of hydrogen-bond donors (Lipinski definition) is 4. The Kier molecular flexibility index (Phi) is 7.73. The summed E-state index contributed by atoms with van der Waals surface area (Å²) >= 11 is 0. The van der Waals surface area contributed by atoms with Crippen LogP contribution in [-0.2, 0) is 11.2 Å². The highest BCUT2D eigenvalue weighted by Gasteiger charge is 2.29. The summed E-state index contributed by atoms with van der Waals surface area (Å²) in [6.07, 6.45) is 10.1. The van der Waals surface area contributed by atoms with E-state index in [1.807, 2.05) is 41.6 Å². The maximum atomic E-state index is 13.1. The molecule has 1 aromatic heterocycles. The van der Waals surface area contributed by atoms with E-state index in [0.29, 0.717) is 6.42 Å². The molecule has 1 fully saturated rings. The van der Waals surface area contributed by atoms with Crippen LogP contribution in [0.2, 0.25) is 0 Å². The molecule has 1 unspecified atom stereocenters. The Morgan fingerprint density at radius 3 is 2.55 bits per heavy atom. The van der Waals surface area contributed by atoms with Gasteiger partial charge in [0, 0.05) is 48.5 Å². The molecule has 0 saturated carbocycles. The standard InChI is InChI=1S/C26H33N5O2/c27-25(26(33)31-16-2-1-3-17-31)23-18-21(29-15-12-19-10-13-28-14-11-19)6-9-24(23)30-20-4-7-22(32)8-5-20/h4-5,7-8,10-11,13-14,21,27,29-30,32H,1-3,6,9,12,15-18H2. The number of nitrogens with one attached hydrogen (secondary N) is 3. The van der Waals surface area contributed by atoms with Gasteiger partial charge < -0.3 is 20.6 Å². The number of likely N-dealkylation sites (tertiary alicyclic amines) is 1. The minimum Gasteiger partial charge on any atom is -0.508 e. The lowest BCUT2D eigenvalue weighted by Crippen LogP contribution is -2.43. The van der Waals surface area contributed by atoms with Gasteiger partial charge in [0.05, 0.1) is 0 Å². The van der Waals surface area contributed by atoms with E-state index >= 15 is 0 Å². The quantitative estimate of drug-likeness (QED) is 0.364. The minimum atomic E-state index is -0.160. The van der Waals surface area contributed by atoms with Crippen LogP contribution in [0.15, 0.2) is 60.1 Å². The lowest BCUT2D eigenvalue weighted by atomic mass is 9.88. The molecule has 7 heteroatoms. The van der Waals surface area contributed by atoms with Gasteiger partial charge in [-0.3, -0.25) is 15.2 Å². The van der Waals surface area contributed by atoms with Gasteiger partial charge in [0.1, 0.15) is 11.5 Å². The van der Waals surface area contributed by atoms with Crippen molar-refractivity contribution in [3.05, 3.63) is 65.6 Å². The molecule has 174 valence electrons. The molecule has 33 heavy (non-hydrogen) atoms. The Labute approximate surface area is 195 Å². The summed E-state index contributed by atoms with van der Waals surface area (Å²) in [6.45, 7) is 2.32. The molecule has 0 radical (unpaired) electrons. The molecule has 0 spiro atoms. The maximum absolute atomic E-state index is 13.1. The molecule has 1 atom stereocenters. The van der Waals surface area contributed by atoms with Crippen molar-refractivity contribution in [2.45, 2.75) is 51.0 Å². The van der Waals surface area contributed by atoms with Crippen LogP contribution < -0.4 is 10.6 Å². The lowest BCUT2D eigenvalue weighted by molar-refractivity contribution is -0.124. The molecule has 2 heterocycles. The van der Waals surface area contributed by atoms with Crippen molar-refractivity contribution in [2.75, 3.05) is 25.0 Å². The molecule has 1 aliphatic heterocycles. The van der Waals surface area contributed by atoms with Crippen molar-refractivity contribution in [2.24, 2.45) is 0 Å². The molecular formula is C26H33N5O2. The molecule has 1 aliphatic carbocycles. The summed E-state index contributed by atoms with van der Waals surface area (Å²) < 4.78 is 0. The summed E-state index contributed by atoms with van der Waals surface area (Å²) in [6, 6.07) is 11.2. The van der Waals surface area contributed by atoms with Crippen molar-refractivity contribution in [1.29, 1.82) is 5.41 Å². The number of amides is 1. The SMILES string of the molecule is N=C(C(=O)N1CCCCC1)C1=C(Nc2ccc(O)cc2)CCC(NCCc2ccncc2)C1. The van der Waals surface area contributed by atoms with Crippen molar-refractivity contribution < 1.29 is 9.90 Å². The first kappa shape index (κ1) is 23.0. The van der Waals surface area contributed by atoms with Crippen LogP contribution in [0.3, 0.4) is 0 Å². The maximum Gasteiger partial charge on any atom is 0.272 e. The molecule has 4 rings (SSSR count). The fraction of sp³-hybridized carbons (Fsp3) is 0.423.